The van der Waals surface area contributed by atoms with E-state index in [9.17, 15) is 14.0 Å². The highest BCUT2D eigenvalue weighted by Crippen LogP contribution is 2.27. The van der Waals surface area contributed by atoms with Crippen LogP contribution in [0.4, 0.5) is 21.5 Å². The number of amides is 2. The molecule has 0 saturated heterocycles. The lowest BCUT2D eigenvalue weighted by Gasteiger charge is -2.24. The number of carbonyl (C=O) groups is 2. The van der Waals surface area contributed by atoms with Crippen LogP contribution < -0.4 is 16.4 Å². The second-order valence-corrected chi connectivity index (χ2v) is 9.53. The van der Waals surface area contributed by atoms with Crippen molar-refractivity contribution in [2.45, 2.75) is 51.3 Å². The first-order valence-corrected chi connectivity index (χ1v) is 12.7. The summed E-state index contributed by atoms with van der Waals surface area (Å²) in [6.07, 6.45) is 0.285. The van der Waals surface area contributed by atoms with Crippen LogP contribution in [0.15, 0.2) is 71.6 Å². The number of halogens is 1. The molecule has 0 aliphatic rings. The normalized spacial score (nSPS) is 10.7. The second kappa shape index (κ2) is 13.0. The number of nitrogens with one attached hydrogen (secondary N) is 2. The molecule has 0 heterocycles. The number of thioether (sulfide) groups is 1. The zero-order valence-electron chi connectivity index (χ0n) is 20.9. The van der Waals surface area contributed by atoms with Gasteiger partial charge in [-0.1, -0.05) is 45.0 Å². The van der Waals surface area contributed by atoms with Crippen molar-refractivity contribution in [3.05, 3.63) is 83.7 Å². The highest BCUT2D eigenvalue weighted by Gasteiger charge is 2.30. The lowest BCUT2D eigenvalue weighted by molar-refractivity contribution is -0.120. The Morgan fingerprint density at radius 1 is 0.914 bits per heavy atom. The van der Waals surface area contributed by atoms with Crippen molar-refractivity contribution < 1.29 is 14.0 Å². The van der Waals surface area contributed by atoms with Crippen LogP contribution in [0.25, 0.3) is 0 Å². The molecule has 3 rings (SSSR count). The van der Waals surface area contributed by atoms with E-state index >= 15 is 0 Å². The Morgan fingerprint density at radius 2 is 1.51 bits per heavy atom. The lowest BCUT2D eigenvalue weighted by Crippen LogP contribution is -2.34. The molecule has 3 aromatic carbocycles. The molecular weight excluding hydrogens is 461 g/mol. The van der Waals surface area contributed by atoms with Gasteiger partial charge in [0, 0.05) is 16.3 Å². The van der Waals surface area contributed by atoms with E-state index in [0.29, 0.717) is 11.4 Å². The van der Waals surface area contributed by atoms with E-state index in [4.69, 9.17) is 5.73 Å². The fraction of sp³-hybridized carbons (Fsp3) is 0.286. The van der Waals surface area contributed by atoms with Crippen molar-refractivity contribution in [2.24, 2.45) is 0 Å². The molecule has 0 spiro atoms. The van der Waals surface area contributed by atoms with Crippen LogP contribution in [-0.4, -0.2) is 17.6 Å². The number of carbonyl (C=O) groups excluding carboxylic acids is 2. The molecule has 5 nitrogen and oxygen atoms in total. The summed E-state index contributed by atoms with van der Waals surface area (Å²) >= 11 is 1.76. The van der Waals surface area contributed by atoms with Crippen molar-refractivity contribution in [2.75, 3.05) is 22.1 Å². The van der Waals surface area contributed by atoms with Gasteiger partial charge in [0.1, 0.15) is 5.82 Å². The summed E-state index contributed by atoms with van der Waals surface area (Å²) in [5.41, 5.74) is 7.50. The Morgan fingerprint density at radius 3 is 2.09 bits per heavy atom. The molecule has 3 aromatic rings. The Hall–Kier alpha value is -3.32. The minimum Gasteiger partial charge on any atom is -0.396 e. The summed E-state index contributed by atoms with van der Waals surface area (Å²) < 4.78 is 13.4. The van der Waals surface area contributed by atoms with Gasteiger partial charge in [0.05, 0.1) is 17.5 Å². The van der Waals surface area contributed by atoms with Crippen molar-refractivity contribution >= 4 is 40.6 Å². The minimum atomic E-state index is -0.857. The van der Waals surface area contributed by atoms with Crippen LogP contribution >= 0.6 is 11.8 Å². The molecule has 35 heavy (non-hydrogen) atoms. The molecule has 7 heteroatoms. The summed E-state index contributed by atoms with van der Waals surface area (Å²) in [5, 5.41) is 5.67. The average Bonchev–Trinajstić information content (AvgIpc) is 2.84. The monoisotopic (exact) mass is 495 g/mol. The van der Waals surface area contributed by atoms with Crippen LogP contribution in [0.1, 0.15) is 45.7 Å². The molecule has 186 valence electrons. The topological polar surface area (TPSA) is 84.2 Å². The molecule has 0 radical (unpaired) electrons. The fourth-order valence-corrected chi connectivity index (χ4v) is 3.93. The van der Waals surface area contributed by atoms with Gasteiger partial charge in [0.2, 0.25) is 11.8 Å². The van der Waals surface area contributed by atoms with Gasteiger partial charge in [0.25, 0.3) is 0 Å². The van der Waals surface area contributed by atoms with Crippen LogP contribution in [0.2, 0.25) is 0 Å². The summed E-state index contributed by atoms with van der Waals surface area (Å²) in [5.74, 6) is 0.117. The molecule has 0 atom stereocenters. The van der Waals surface area contributed by atoms with Crippen molar-refractivity contribution in [1.29, 1.82) is 0 Å². The second-order valence-electron chi connectivity index (χ2n) is 8.19. The molecule has 4 N–H and O–H groups in total. The van der Waals surface area contributed by atoms with Crippen LogP contribution in [0.3, 0.4) is 0 Å². The van der Waals surface area contributed by atoms with Gasteiger partial charge < -0.3 is 16.4 Å². The molecule has 2 amide bonds. The Kier molecular flexibility index (Phi) is 10.3. The van der Waals surface area contributed by atoms with Gasteiger partial charge in [-0.25, -0.2) is 4.39 Å². The highest BCUT2D eigenvalue weighted by atomic mass is 32.2. The van der Waals surface area contributed by atoms with Crippen molar-refractivity contribution in [3.63, 3.8) is 0 Å². The molecule has 0 aromatic heterocycles. The smallest absolute Gasteiger partial charge is 0.234 e. The number of nitrogens with two attached hydrogens (primary N) is 1. The van der Waals surface area contributed by atoms with Gasteiger partial charge in [0.15, 0.2) is 0 Å². The molecule has 0 saturated carbocycles. The third-order valence-corrected chi connectivity index (χ3v) is 6.21. The van der Waals surface area contributed by atoms with Gasteiger partial charge in [-0.05, 0) is 73.2 Å². The third kappa shape index (κ3) is 7.86. The predicted molar refractivity (Wildman–Crippen MR) is 145 cm³/mol. The quantitative estimate of drug-likeness (QED) is 0.241. The fourth-order valence-electron chi connectivity index (χ4n) is 3.27. The number of hydrogen-bond donors (Lipinski definition) is 3. The molecule has 0 fully saturated rings. The van der Waals surface area contributed by atoms with E-state index in [1.54, 1.807) is 37.7 Å². The predicted octanol–water partition coefficient (Wildman–Crippen LogP) is 6.64. The first kappa shape index (κ1) is 27.9. The maximum atomic E-state index is 13.4. The minimum absolute atomic E-state index is 0.0264. The summed E-state index contributed by atoms with van der Waals surface area (Å²) in [6.45, 7) is 9.69. The molecule has 0 aliphatic heterocycles. The average molecular weight is 496 g/mol. The molecule has 0 bridgehead atoms. The zero-order chi connectivity index (χ0) is 26.0. The first-order valence-electron chi connectivity index (χ1n) is 11.7. The largest absolute Gasteiger partial charge is 0.396 e. The number of nitrogen functional groups attached to an aromatic ring is 1. The molecule has 0 aliphatic carbocycles. The number of rotatable bonds is 8. The molecule has 0 unspecified atom stereocenters. The van der Waals surface area contributed by atoms with Crippen LogP contribution in [-0.2, 0) is 21.4 Å². The standard InChI is InChI=1S/C26H28FN3O2S.C2H6/c1-4-33-21-12-5-17(6-13-21)15-24(31)29-19-9-7-18(8-10-19)26(2,3)25(32)30-20-11-14-22(27)23(28)16-20;1-2/h5-14,16H,4,15,28H2,1-3H3,(H,29,31)(H,30,32);1-2H3. The van der Waals surface area contributed by atoms with Crippen molar-refractivity contribution in [1.82, 2.24) is 0 Å². The lowest BCUT2D eigenvalue weighted by atomic mass is 9.83. The van der Waals surface area contributed by atoms with Gasteiger partial charge in [-0.15, -0.1) is 11.8 Å². The number of hydrogen-bond acceptors (Lipinski definition) is 4. The van der Waals surface area contributed by atoms with Crippen LogP contribution in [0, 0.1) is 5.82 Å². The molecular formula is C28H34FN3O2S. The Bertz CT molecular complexity index is 1130. The van der Waals surface area contributed by atoms with E-state index in [1.807, 2.05) is 50.2 Å². The van der Waals surface area contributed by atoms with Gasteiger partial charge in [-0.3, -0.25) is 9.59 Å². The van der Waals surface area contributed by atoms with E-state index in [1.165, 1.54) is 23.1 Å². The zero-order valence-corrected chi connectivity index (χ0v) is 21.8. The van der Waals surface area contributed by atoms with Crippen molar-refractivity contribution in [3.8, 4) is 0 Å². The summed E-state index contributed by atoms with van der Waals surface area (Å²) in [7, 11) is 0. The van der Waals surface area contributed by atoms with Gasteiger partial charge >= 0.3 is 0 Å². The third-order valence-electron chi connectivity index (χ3n) is 5.31. The highest BCUT2D eigenvalue weighted by molar-refractivity contribution is 7.99. The maximum Gasteiger partial charge on any atom is 0.234 e. The van der Waals surface area contributed by atoms with Crippen LogP contribution in [0.5, 0.6) is 0 Å². The number of anilines is 3. The van der Waals surface area contributed by atoms with E-state index in [2.05, 4.69) is 17.6 Å². The number of benzene rings is 3. The van der Waals surface area contributed by atoms with E-state index in [-0.39, 0.29) is 23.9 Å². The van der Waals surface area contributed by atoms with E-state index < -0.39 is 11.2 Å². The summed E-state index contributed by atoms with van der Waals surface area (Å²) in [6, 6.07) is 19.2. The van der Waals surface area contributed by atoms with Gasteiger partial charge in [-0.2, -0.15) is 0 Å². The summed E-state index contributed by atoms with van der Waals surface area (Å²) in [4.78, 5) is 26.5. The first-order chi connectivity index (χ1) is 16.7. The van der Waals surface area contributed by atoms with E-state index in [0.717, 1.165) is 16.9 Å². The SMILES string of the molecule is CC.CCSc1ccc(CC(=O)Nc2ccc(C(C)(C)C(=O)Nc3ccc(F)c(N)c3)cc2)cc1. The Balaban J connectivity index is 0.00000210. The Labute approximate surface area is 211 Å². The maximum absolute atomic E-state index is 13.4.